The number of hydrogen-bond donors (Lipinski definition) is 1. The van der Waals surface area contributed by atoms with Crippen molar-refractivity contribution in [1.82, 2.24) is 5.32 Å². The molecule has 0 spiro atoms. The van der Waals surface area contributed by atoms with Crippen molar-refractivity contribution in [2.45, 2.75) is 46.5 Å². The lowest BCUT2D eigenvalue weighted by Gasteiger charge is -2.36. The Bertz CT molecular complexity index is 221. The fourth-order valence-electron chi connectivity index (χ4n) is 1.70. The van der Waals surface area contributed by atoms with Gasteiger partial charge in [0.1, 0.15) is 0 Å². The summed E-state index contributed by atoms with van der Waals surface area (Å²) in [4.78, 5) is 0. The van der Waals surface area contributed by atoms with Crippen LogP contribution >= 0.6 is 0 Å². The third-order valence-electron chi connectivity index (χ3n) is 3.57. The number of nitrogens with zero attached hydrogens (tertiary/aromatic N) is 1. The van der Waals surface area contributed by atoms with E-state index in [4.69, 9.17) is 5.26 Å². The van der Waals surface area contributed by atoms with Crippen molar-refractivity contribution in [3.05, 3.63) is 0 Å². The Balaban J connectivity index is 2.25. The molecule has 1 fully saturated rings. The van der Waals surface area contributed by atoms with Crippen molar-refractivity contribution in [2.24, 2.45) is 10.8 Å². The minimum Gasteiger partial charge on any atom is -0.315 e. The van der Waals surface area contributed by atoms with Crippen LogP contribution in [0.4, 0.5) is 0 Å². The molecular formula is C12H22N2. The van der Waals surface area contributed by atoms with Gasteiger partial charge in [-0.15, -0.1) is 0 Å². The summed E-state index contributed by atoms with van der Waals surface area (Å²) < 4.78 is 0. The standard InChI is InChI=1S/C12H22N2/c1-4-11(2,3)9-14-10-12(8-13)6-5-7-12/h14H,4-7,9-10H2,1-3H3. The second-order valence-corrected chi connectivity index (χ2v) is 5.37. The topological polar surface area (TPSA) is 35.8 Å². The minimum absolute atomic E-state index is 0.0240. The molecule has 0 amide bonds. The molecule has 1 saturated carbocycles. The van der Waals surface area contributed by atoms with Gasteiger partial charge >= 0.3 is 0 Å². The smallest absolute Gasteiger partial charge is 0.0703 e. The lowest BCUT2D eigenvalue weighted by atomic mass is 9.70. The molecule has 14 heavy (non-hydrogen) atoms. The summed E-state index contributed by atoms with van der Waals surface area (Å²) in [6.45, 7) is 8.64. The van der Waals surface area contributed by atoms with Gasteiger partial charge in [-0.05, 0) is 24.7 Å². The highest BCUT2D eigenvalue weighted by atomic mass is 14.9. The Morgan fingerprint density at radius 1 is 1.43 bits per heavy atom. The molecule has 0 aromatic carbocycles. The predicted octanol–water partition coefficient (Wildman–Crippen LogP) is 2.71. The van der Waals surface area contributed by atoms with Gasteiger partial charge in [-0.2, -0.15) is 5.26 Å². The molecule has 0 unspecified atom stereocenters. The number of nitrogens with one attached hydrogen (secondary N) is 1. The lowest BCUT2D eigenvalue weighted by molar-refractivity contribution is 0.194. The summed E-state index contributed by atoms with van der Waals surface area (Å²) in [5.74, 6) is 0. The Morgan fingerprint density at radius 2 is 2.07 bits per heavy atom. The number of hydrogen-bond acceptors (Lipinski definition) is 2. The van der Waals surface area contributed by atoms with Crippen LogP contribution in [0, 0.1) is 22.2 Å². The highest BCUT2D eigenvalue weighted by Gasteiger charge is 2.36. The van der Waals surface area contributed by atoms with Gasteiger partial charge in [-0.25, -0.2) is 0 Å². The van der Waals surface area contributed by atoms with E-state index < -0.39 is 0 Å². The van der Waals surface area contributed by atoms with Crippen LogP contribution in [0.3, 0.4) is 0 Å². The van der Waals surface area contributed by atoms with E-state index in [0.717, 1.165) is 25.9 Å². The summed E-state index contributed by atoms with van der Waals surface area (Å²) in [7, 11) is 0. The fourth-order valence-corrected chi connectivity index (χ4v) is 1.70. The Hall–Kier alpha value is -0.550. The van der Waals surface area contributed by atoms with E-state index in [-0.39, 0.29) is 5.41 Å². The second-order valence-electron chi connectivity index (χ2n) is 5.37. The fraction of sp³-hybridized carbons (Fsp3) is 0.917. The Morgan fingerprint density at radius 3 is 2.43 bits per heavy atom. The maximum Gasteiger partial charge on any atom is 0.0703 e. The average molecular weight is 194 g/mol. The highest BCUT2D eigenvalue weighted by Crippen LogP contribution is 2.39. The van der Waals surface area contributed by atoms with Gasteiger partial charge in [0.25, 0.3) is 0 Å². The van der Waals surface area contributed by atoms with Crippen LogP contribution in [-0.4, -0.2) is 13.1 Å². The summed E-state index contributed by atoms with van der Waals surface area (Å²) >= 11 is 0. The number of nitriles is 1. The first-order valence-corrected chi connectivity index (χ1v) is 5.66. The van der Waals surface area contributed by atoms with Crippen LogP contribution < -0.4 is 5.32 Å². The van der Waals surface area contributed by atoms with Gasteiger partial charge in [0.05, 0.1) is 11.5 Å². The molecule has 1 N–H and O–H groups in total. The van der Waals surface area contributed by atoms with Crippen LogP contribution in [-0.2, 0) is 0 Å². The Labute approximate surface area is 87.7 Å². The minimum atomic E-state index is -0.0240. The molecule has 80 valence electrons. The molecular weight excluding hydrogens is 172 g/mol. The van der Waals surface area contributed by atoms with E-state index in [1.165, 1.54) is 12.8 Å². The summed E-state index contributed by atoms with van der Waals surface area (Å²) in [6, 6.07) is 2.46. The van der Waals surface area contributed by atoms with E-state index >= 15 is 0 Å². The molecule has 0 aromatic heterocycles. The van der Waals surface area contributed by atoms with Gasteiger partial charge < -0.3 is 5.32 Å². The summed E-state index contributed by atoms with van der Waals surface area (Å²) in [6.07, 6.45) is 4.58. The van der Waals surface area contributed by atoms with E-state index in [0.29, 0.717) is 5.41 Å². The Kier molecular flexibility index (Phi) is 3.55. The van der Waals surface area contributed by atoms with Crippen LogP contribution in [0.2, 0.25) is 0 Å². The zero-order valence-electron chi connectivity index (χ0n) is 9.69. The summed E-state index contributed by atoms with van der Waals surface area (Å²) in [5.41, 5.74) is 0.338. The molecule has 0 aromatic rings. The van der Waals surface area contributed by atoms with Crippen molar-refractivity contribution >= 4 is 0 Å². The molecule has 0 bridgehead atoms. The van der Waals surface area contributed by atoms with E-state index in [1.54, 1.807) is 0 Å². The maximum atomic E-state index is 9.03. The first-order valence-electron chi connectivity index (χ1n) is 5.66. The van der Waals surface area contributed by atoms with Gasteiger partial charge in [-0.1, -0.05) is 27.2 Å². The third kappa shape index (κ3) is 2.72. The van der Waals surface area contributed by atoms with E-state index in [9.17, 15) is 0 Å². The molecule has 0 radical (unpaired) electrons. The third-order valence-corrected chi connectivity index (χ3v) is 3.57. The van der Waals surface area contributed by atoms with E-state index in [2.05, 4.69) is 32.2 Å². The van der Waals surface area contributed by atoms with Crippen LogP contribution in [0.15, 0.2) is 0 Å². The average Bonchev–Trinajstić information content (AvgIpc) is 2.10. The molecule has 2 nitrogen and oxygen atoms in total. The molecule has 1 rings (SSSR count). The molecule has 0 aliphatic heterocycles. The quantitative estimate of drug-likeness (QED) is 0.730. The highest BCUT2D eigenvalue weighted by molar-refractivity contribution is 5.05. The molecule has 2 heteroatoms. The van der Waals surface area contributed by atoms with Gasteiger partial charge in [0, 0.05) is 13.1 Å². The maximum absolute atomic E-state index is 9.03. The van der Waals surface area contributed by atoms with Crippen molar-refractivity contribution in [1.29, 1.82) is 5.26 Å². The largest absolute Gasteiger partial charge is 0.315 e. The van der Waals surface area contributed by atoms with Crippen molar-refractivity contribution in [3.63, 3.8) is 0 Å². The zero-order chi connectivity index (χ0) is 10.7. The monoisotopic (exact) mass is 194 g/mol. The molecule has 0 heterocycles. The molecule has 0 atom stereocenters. The second kappa shape index (κ2) is 4.31. The predicted molar refractivity (Wildman–Crippen MR) is 58.8 cm³/mol. The van der Waals surface area contributed by atoms with Crippen LogP contribution in [0.25, 0.3) is 0 Å². The number of rotatable bonds is 5. The van der Waals surface area contributed by atoms with Gasteiger partial charge in [-0.3, -0.25) is 0 Å². The SMILES string of the molecule is CCC(C)(C)CNCC1(C#N)CCC1. The molecule has 1 aliphatic rings. The lowest BCUT2D eigenvalue weighted by Crippen LogP contribution is -2.41. The molecule has 1 aliphatic carbocycles. The zero-order valence-corrected chi connectivity index (χ0v) is 9.69. The van der Waals surface area contributed by atoms with Crippen molar-refractivity contribution in [2.75, 3.05) is 13.1 Å². The first-order chi connectivity index (χ1) is 6.54. The van der Waals surface area contributed by atoms with Gasteiger partial charge in [0.2, 0.25) is 0 Å². The first kappa shape index (κ1) is 11.5. The van der Waals surface area contributed by atoms with Crippen molar-refractivity contribution in [3.8, 4) is 6.07 Å². The normalized spacial score (nSPS) is 19.9. The van der Waals surface area contributed by atoms with Crippen LogP contribution in [0.5, 0.6) is 0 Å². The summed E-state index contributed by atoms with van der Waals surface area (Å²) in [5, 5.41) is 12.5. The molecule has 0 saturated heterocycles. The van der Waals surface area contributed by atoms with Crippen molar-refractivity contribution < 1.29 is 0 Å². The van der Waals surface area contributed by atoms with E-state index in [1.807, 2.05) is 0 Å². The van der Waals surface area contributed by atoms with Gasteiger partial charge in [0.15, 0.2) is 0 Å². The van der Waals surface area contributed by atoms with Crippen LogP contribution in [0.1, 0.15) is 46.5 Å².